The summed E-state index contributed by atoms with van der Waals surface area (Å²) >= 11 is 9.78. The molecule has 3 N–H and O–H groups in total. The Labute approximate surface area is 138 Å². The van der Waals surface area contributed by atoms with E-state index >= 15 is 0 Å². The van der Waals surface area contributed by atoms with Crippen LogP contribution in [0, 0.1) is 13.8 Å². The molecule has 0 aromatic heterocycles. The highest BCUT2D eigenvalue weighted by atomic mass is 79.9. The van der Waals surface area contributed by atoms with Gasteiger partial charge in [0.15, 0.2) is 0 Å². The second kappa shape index (κ2) is 6.79. The van der Waals surface area contributed by atoms with Crippen molar-refractivity contribution in [3.63, 3.8) is 0 Å². The molecule has 0 aliphatic carbocycles. The molecule has 0 aliphatic rings. The lowest BCUT2D eigenvalue weighted by Crippen LogP contribution is -2.30. The molecule has 0 spiro atoms. The van der Waals surface area contributed by atoms with Gasteiger partial charge >= 0.3 is 0 Å². The second-order valence-corrected chi connectivity index (χ2v) is 6.29. The molecule has 0 radical (unpaired) electrons. The molecule has 2 aromatic rings. The van der Waals surface area contributed by atoms with E-state index in [2.05, 4.69) is 27.4 Å². The number of hydrogen-bond acceptors (Lipinski definition) is 3. The van der Waals surface area contributed by atoms with E-state index in [4.69, 9.17) is 22.2 Å². The van der Waals surface area contributed by atoms with Crippen molar-refractivity contribution in [2.45, 2.75) is 19.9 Å². The molecular formula is C16H18BrClN2O. The van der Waals surface area contributed by atoms with Crippen LogP contribution in [0.15, 0.2) is 34.8 Å². The van der Waals surface area contributed by atoms with Crippen LogP contribution in [0.5, 0.6) is 5.75 Å². The number of nitrogens with two attached hydrogens (primary N) is 1. The molecule has 1 unspecified atom stereocenters. The van der Waals surface area contributed by atoms with E-state index in [-0.39, 0.29) is 6.04 Å². The van der Waals surface area contributed by atoms with Crippen molar-refractivity contribution in [3.8, 4) is 5.75 Å². The fraction of sp³-hybridized carbons (Fsp3) is 0.250. The molecule has 0 bridgehead atoms. The van der Waals surface area contributed by atoms with E-state index in [0.29, 0.717) is 5.02 Å². The van der Waals surface area contributed by atoms with E-state index < -0.39 is 0 Å². The summed E-state index contributed by atoms with van der Waals surface area (Å²) < 4.78 is 6.46. The number of methoxy groups -OCH3 is 1. The second-order valence-electron chi connectivity index (χ2n) is 4.96. The summed E-state index contributed by atoms with van der Waals surface area (Å²) in [6, 6.07) is 9.63. The number of hydrazine groups is 1. The third kappa shape index (κ3) is 3.40. The highest BCUT2D eigenvalue weighted by Crippen LogP contribution is 2.36. The van der Waals surface area contributed by atoms with Crippen LogP contribution >= 0.6 is 27.5 Å². The van der Waals surface area contributed by atoms with E-state index in [1.807, 2.05) is 38.1 Å². The van der Waals surface area contributed by atoms with E-state index in [1.165, 1.54) is 0 Å². The van der Waals surface area contributed by atoms with Crippen molar-refractivity contribution in [3.05, 3.63) is 62.1 Å². The number of ether oxygens (including phenoxy) is 1. The first-order valence-electron chi connectivity index (χ1n) is 6.54. The minimum absolute atomic E-state index is 0.235. The van der Waals surface area contributed by atoms with Crippen molar-refractivity contribution in [1.82, 2.24) is 5.43 Å². The van der Waals surface area contributed by atoms with Gasteiger partial charge in [-0.3, -0.25) is 5.84 Å². The van der Waals surface area contributed by atoms with Crippen LogP contribution in [-0.4, -0.2) is 7.11 Å². The number of aryl methyl sites for hydroxylation is 2. The third-order valence-electron chi connectivity index (χ3n) is 3.44. The van der Waals surface area contributed by atoms with Crippen molar-refractivity contribution in [2.24, 2.45) is 5.84 Å². The lowest BCUT2D eigenvalue weighted by Gasteiger charge is -2.23. The summed E-state index contributed by atoms with van der Waals surface area (Å²) in [6.07, 6.45) is 0. The molecule has 0 aliphatic heterocycles. The van der Waals surface area contributed by atoms with Crippen LogP contribution in [0.25, 0.3) is 0 Å². The molecule has 0 saturated heterocycles. The first kappa shape index (κ1) is 16.3. The Kier molecular flexibility index (Phi) is 5.27. The normalized spacial score (nSPS) is 12.3. The topological polar surface area (TPSA) is 47.3 Å². The van der Waals surface area contributed by atoms with E-state index in [9.17, 15) is 0 Å². The summed E-state index contributed by atoms with van der Waals surface area (Å²) in [6.45, 7) is 4.08. The van der Waals surface area contributed by atoms with Crippen LogP contribution in [0.2, 0.25) is 5.02 Å². The van der Waals surface area contributed by atoms with Gasteiger partial charge in [0.05, 0.1) is 13.2 Å². The number of rotatable bonds is 4. The molecule has 21 heavy (non-hydrogen) atoms. The van der Waals surface area contributed by atoms with Gasteiger partial charge < -0.3 is 4.74 Å². The van der Waals surface area contributed by atoms with Gasteiger partial charge in [-0.15, -0.1) is 0 Å². The van der Waals surface area contributed by atoms with E-state index in [0.717, 1.165) is 32.5 Å². The summed E-state index contributed by atoms with van der Waals surface area (Å²) in [5.41, 5.74) is 7.00. The van der Waals surface area contributed by atoms with E-state index in [1.54, 1.807) is 7.11 Å². The molecule has 0 amide bonds. The van der Waals surface area contributed by atoms with Gasteiger partial charge in [-0.1, -0.05) is 39.7 Å². The van der Waals surface area contributed by atoms with Crippen molar-refractivity contribution in [1.29, 1.82) is 0 Å². The van der Waals surface area contributed by atoms with Gasteiger partial charge in [0.25, 0.3) is 0 Å². The fourth-order valence-corrected chi connectivity index (χ4v) is 3.33. The summed E-state index contributed by atoms with van der Waals surface area (Å²) in [5.74, 6) is 6.60. The molecule has 2 aromatic carbocycles. The molecule has 3 nitrogen and oxygen atoms in total. The molecule has 2 rings (SSSR count). The minimum Gasteiger partial charge on any atom is -0.496 e. The van der Waals surface area contributed by atoms with Crippen molar-refractivity contribution in [2.75, 3.05) is 7.11 Å². The lowest BCUT2D eigenvalue weighted by molar-refractivity contribution is 0.403. The SMILES string of the molecule is COc1cc(C)cc(C)c1C(NN)c1ccc(Br)cc1Cl. The van der Waals surface area contributed by atoms with Crippen LogP contribution in [0.1, 0.15) is 28.3 Å². The lowest BCUT2D eigenvalue weighted by atomic mass is 9.93. The monoisotopic (exact) mass is 368 g/mol. The number of halogens is 2. The molecule has 0 saturated carbocycles. The maximum Gasteiger partial charge on any atom is 0.124 e. The summed E-state index contributed by atoms with van der Waals surface area (Å²) in [5, 5.41) is 0.648. The van der Waals surface area contributed by atoms with Gasteiger partial charge in [0, 0.05) is 15.1 Å². The Morgan fingerprint density at radius 3 is 2.52 bits per heavy atom. The predicted molar refractivity (Wildman–Crippen MR) is 90.8 cm³/mol. The molecule has 112 valence electrons. The largest absolute Gasteiger partial charge is 0.496 e. The van der Waals surface area contributed by atoms with Gasteiger partial charge in [-0.05, 0) is 48.7 Å². The Bertz CT molecular complexity index is 661. The quantitative estimate of drug-likeness (QED) is 0.624. The summed E-state index contributed by atoms with van der Waals surface area (Å²) in [4.78, 5) is 0. The van der Waals surface area contributed by atoms with Gasteiger partial charge in [0.2, 0.25) is 0 Å². The van der Waals surface area contributed by atoms with Crippen LogP contribution in [0.4, 0.5) is 0 Å². The zero-order chi connectivity index (χ0) is 15.6. The minimum atomic E-state index is -0.235. The average molecular weight is 370 g/mol. The number of benzene rings is 2. The Morgan fingerprint density at radius 2 is 1.95 bits per heavy atom. The molecular weight excluding hydrogens is 352 g/mol. The van der Waals surface area contributed by atoms with Crippen molar-refractivity contribution >= 4 is 27.5 Å². The first-order valence-corrected chi connectivity index (χ1v) is 7.71. The third-order valence-corrected chi connectivity index (χ3v) is 4.26. The summed E-state index contributed by atoms with van der Waals surface area (Å²) in [7, 11) is 1.66. The van der Waals surface area contributed by atoms with Gasteiger partial charge in [-0.2, -0.15) is 0 Å². The predicted octanol–water partition coefficient (Wildman–Crippen LogP) is 4.28. The number of nitrogens with one attached hydrogen (secondary N) is 1. The zero-order valence-electron chi connectivity index (χ0n) is 12.2. The maximum absolute atomic E-state index is 6.37. The Hall–Kier alpha value is -1.07. The smallest absolute Gasteiger partial charge is 0.124 e. The van der Waals surface area contributed by atoms with Gasteiger partial charge in [0.1, 0.15) is 5.75 Å². The molecule has 1 atom stereocenters. The fourth-order valence-electron chi connectivity index (χ4n) is 2.54. The molecule has 5 heteroatoms. The van der Waals surface area contributed by atoms with Crippen LogP contribution in [0.3, 0.4) is 0 Å². The molecule has 0 fully saturated rings. The Balaban J connectivity index is 2.61. The maximum atomic E-state index is 6.37. The molecule has 0 heterocycles. The number of hydrogen-bond donors (Lipinski definition) is 2. The van der Waals surface area contributed by atoms with Crippen molar-refractivity contribution < 1.29 is 4.74 Å². The first-order chi connectivity index (χ1) is 9.97. The zero-order valence-corrected chi connectivity index (χ0v) is 14.5. The Morgan fingerprint density at radius 1 is 1.24 bits per heavy atom. The average Bonchev–Trinajstić information content (AvgIpc) is 2.42. The van der Waals surface area contributed by atoms with Crippen LogP contribution in [-0.2, 0) is 0 Å². The highest BCUT2D eigenvalue weighted by Gasteiger charge is 2.22. The highest BCUT2D eigenvalue weighted by molar-refractivity contribution is 9.10. The van der Waals surface area contributed by atoms with Crippen LogP contribution < -0.4 is 16.0 Å². The standard InChI is InChI=1S/C16H18BrClN2O/c1-9-6-10(2)15(14(7-9)21-3)16(20-19)12-5-4-11(17)8-13(12)18/h4-8,16,20H,19H2,1-3H3. The van der Waals surface area contributed by atoms with Gasteiger partial charge in [-0.25, -0.2) is 5.43 Å².